The summed E-state index contributed by atoms with van der Waals surface area (Å²) < 4.78 is 16.0. The lowest BCUT2D eigenvalue weighted by Crippen LogP contribution is -2.09. The number of methoxy groups -OCH3 is 2. The minimum atomic E-state index is -0.499. The number of hydrogen-bond acceptors (Lipinski definition) is 4. The average Bonchev–Trinajstić information content (AvgIpc) is 2.46. The monoisotopic (exact) mass is 272 g/mol. The van der Waals surface area contributed by atoms with Crippen molar-refractivity contribution in [1.82, 2.24) is 0 Å². The molecule has 0 amide bonds. The van der Waals surface area contributed by atoms with E-state index in [2.05, 4.69) is 6.58 Å². The van der Waals surface area contributed by atoms with Crippen molar-refractivity contribution >= 4 is 16.7 Å². The van der Waals surface area contributed by atoms with Crippen molar-refractivity contribution in [1.29, 1.82) is 0 Å². The molecule has 4 nitrogen and oxygen atoms in total. The van der Waals surface area contributed by atoms with Gasteiger partial charge in [0.1, 0.15) is 5.75 Å². The van der Waals surface area contributed by atoms with Crippen LogP contribution in [-0.2, 0) is 4.79 Å². The third-order valence-corrected chi connectivity index (χ3v) is 2.90. The Morgan fingerprint density at radius 2 is 1.70 bits per heavy atom. The number of ether oxygens (including phenoxy) is 3. The van der Waals surface area contributed by atoms with Gasteiger partial charge in [-0.05, 0) is 6.92 Å². The Hall–Kier alpha value is -2.49. The third kappa shape index (κ3) is 2.45. The van der Waals surface area contributed by atoms with E-state index in [-0.39, 0.29) is 0 Å². The van der Waals surface area contributed by atoms with Crippen molar-refractivity contribution in [3.63, 3.8) is 0 Å². The molecular formula is C16H16O4. The highest BCUT2D eigenvalue weighted by molar-refractivity contribution is 5.97. The number of fused-ring (bicyclic) bond motifs is 1. The Labute approximate surface area is 117 Å². The lowest BCUT2D eigenvalue weighted by atomic mass is 10.1. The van der Waals surface area contributed by atoms with Crippen LogP contribution in [0, 0.1) is 0 Å². The number of esters is 1. The maximum atomic E-state index is 11.7. The molecule has 0 aliphatic rings. The first kappa shape index (κ1) is 13.9. The number of hydrogen-bond donors (Lipinski definition) is 0. The first-order valence-corrected chi connectivity index (χ1v) is 6.10. The molecule has 0 heterocycles. The van der Waals surface area contributed by atoms with Crippen molar-refractivity contribution in [2.24, 2.45) is 0 Å². The van der Waals surface area contributed by atoms with Crippen LogP contribution in [-0.4, -0.2) is 20.2 Å². The van der Waals surface area contributed by atoms with Gasteiger partial charge in [-0.25, -0.2) is 4.79 Å². The zero-order chi connectivity index (χ0) is 14.7. The van der Waals surface area contributed by atoms with Gasteiger partial charge in [0.2, 0.25) is 0 Å². The summed E-state index contributed by atoms with van der Waals surface area (Å²) in [6, 6.07) is 9.23. The van der Waals surface area contributed by atoms with Crippen LogP contribution in [0.25, 0.3) is 10.8 Å². The van der Waals surface area contributed by atoms with Gasteiger partial charge in [0.25, 0.3) is 0 Å². The van der Waals surface area contributed by atoms with E-state index in [0.717, 1.165) is 10.8 Å². The minimum Gasteiger partial charge on any atom is -0.496 e. The Kier molecular flexibility index (Phi) is 3.94. The van der Waals surface area contributed by atoms with E-state index >= 15 is 0 Å². The summed E-state index contributed by atoms with van der Waals surface area (Å²) in [7, 11) is 3.10. The molecule has 0 unspecified atom stereocenters. The Bertz CT molecular complexity index is 673. The van der Waals surface area contributed by atoms with E-state index in [1.807, 2.05) is 24.3 Å². The van der Waals surface area contributed by atoms with Crippen molar-refractivity contribution in [2.75, 3.05) is 14.2 Å². The molecule has 4 heteroatoms. The summed E-state index contributed by atoms with van der Waals surface area (Å²) in [5.41, 5.74) is 0.319. The highest BCUT2D eigenvalue weighted by atomic mass is 16.6. The van der Waals surface area contributed by atoms with Gasteiger partial charge in [-0.15, -0.1) is 0 Å². The molecule has 0 bridgehead atoms. The largest absolute Gasteiger partial charge is 0.496 e. The van der Waals surface area contributed by atoms with Gasteiger partial charge in [0.05, 0.1) is 14.2 Å². The highest BCUT2D eigenvalue weighted by Gasteiger charge is 2.17. The van der Waals surface area contributed by atoms with Gasteiger partial charge in [-0.3, -0.25) is 0 Å². The van der Waals surface area contributed by atoms with E-state index in [0.29, 0.717) is 22.8 Å². The smallest absolute Gasteiger partial charge is 0.338 e. The molecule has 20 heavy (non-hydrogen) atoms. The van der Waals surface area contributed by atoms with Crippen LogP contribution in [0.3, 0.4) is 0 Å². The second kappa shape index (κ2) is 5.65. The maximum Gasteiger partial charge on any atom is 0.338 e. The quantitative estimate of drug-likeness (QED) is 0.486. The second-order valence-electron chi connectivity index (χ2n) is 4.33. The minimum absolute atomic E-state index is 0.316. The average molecular weight is 272 g/mol. The fourth-order valence-corrected chi connectivity index (χ4v) is 1.93. The van der Waals surface area contributed by atoms with Gasteiger partial charge < -0.3 is 14.2 Å². The summed E-state index contributed by atoms with van der Waals surface area (Å²) in [6.45, 7) is 5.16. The fourth-order valence-electron chi connectivity index (χ4n) is 1.93. The summed E-state index contributed by atoms with van der Waals surface area (Å²) in [4.78, 5) is 11.7. The molecule has 0 aliphatic carbocycles. The molecule has 2 rings (SSSR count). The molecule has 0 atom stereocenters. The van der Waals surface area contributed by atoms with Gasteiger partial charge in [-0.2, -0.15) is 0 Å². The third-order valence-electron chi connectivity index (χ3n) is 2.90. The van der Waals surface area contributed by atoms with Crippen molar-refractivity contribution in [3.8, 4) is 17.2 Å². The topological polar surface area (TPSA) is 44.8 Å². The van der Waals surface area contributed by atoms with Crippen molar-refractivity contribution < 1.29 is 19.0 Å². The lowest BCUT2D eigenvalue weighted by Gasteiger charge is -2.14. The van der Waals surface area contributed by atoms with Crippen LogP contribution in [0.1, 0.15) is 6.92 Å². The SMILES string of the molecule is C=C(C)C(=O)Oc1cc(OC)c2ccccc2c1OC. The zero-order valence-electron chi connectivity index (χ0n) is 11.7. The molecule has 0 saturated heterocycles. The Morgan fingerprint density at radius 1 is 1.05 bits per heavy atom. The number of carbonyl (C=O) groups is 1. The van der Waals surface area contributed by atoms with E-state index in [4.69, 9.17) is 14.2 Å². The molecule has 0 fully saturated rings. The lowest BCUT2D eigenvalue weighted by molar-refractivity contribution is -0.130. The molecule has 2 aromatic carbocycles. The van der Waals surface area contributed by atoms with Crippen LogP contribution < -0.4 is 14.2 Å². The van der Waals surface area contributed by atoms with Crippen LogP contribution in [0.5, 0.6) is 17.2 Å². The van der Waals surface area contributed by atoms with Gasteiger partial charge >= 0.3 is 5.97 Å². The van der Waals surface area contributed by atoms with Crippen molar-refractivity contribution in [2.45, 2.75) is 6.92 Å². The van der Waals surface area contributed by atoms with Crippen LogP contribution in [0.4, 0.5) is 0 Å². The first-order chi connectivity index (χ1) is 9.58. The zero-order valence-corrected chi connectivity index (χ0v) is 11.7. The molecule has 0 aliphatic heterocycles. The number of rotatable bonds is 4. The summed E-state index contributed by atoms with van der Waals surface area (Å²) in [6.07, 6.45) is 0. The Balaban J connectivity index is 2.64. The molecular weight excluding hydrogens is 256 g/mol. The highest BCUT2D eigenvalue weighted by Crippen LogP contribution is 2.41. The maximum absolute atomic E-state index is 11.7. The van der Waals surface area contributed by atoms with Crippen LogP contribution >= 0.6 is 0 Å². The summed E-state index contributed by atoms with van der Waals surface area (Å²) >= 11 is 0. The number of carbonyl (C=O) groups excluding carboxylic acids is 1. The number of benzene rings is 2. The Morgan fingerprint density at radius 3 is 2.25 bits per heavy atom. The summed E-state index contributed by atoms with van der Waals surface area (Å²) in [5.74, 6) is 0.929. The molecule has 0 radical (unpaired) electrons. The first-order valence-electron chi connectivity index (χ1n) is 6.10. The standard InChI is InChI=1S/C16H16O4/c1-10(2)16(17)20-14-9-13(18-3)11-7-5-6-8-12(11)15(14)19-4/h5-9H,1H2,2-4H3. The van der Waals surface area contributed by atoms with Crippen LogP contribution in [0.15, 0.2) is 42.5 Å². The second-order valence-corrected chi connectivity index (χ2v) is 4.33. The predicted octanol–water partition coefficient (Wildman–Crippen LogP) is 3.34. The molecule has 2 aromatic rings. The fraction of sp³-hybridized carbons (Fsp3) is 0.188. The summed E-state index contributed by atoms with van der Waals surface area (Å²) in [5, 5.41) is 1.71. The molecule has 0 aromatic heterocycles. The molecule has 0 spiro atoms. The predicted molar refractivity (Wildman–Crippen MR) is 77.5 cm³/mol. The van der Waals surface area contributed by atoms with Crippen molar-refractivity contribution in [3.05, 3.63) is 42.5 Å². The van der Waals surface area contributed by atoms with Gasteiger partial charge in [0.15, 0.2) is 11.5 Å². The van der Waals surface area contributed by atoms with Crippen LogP contribution in [0.2, 0.25) is 0 Å². The van der Waals surface area contributed by atoms with E-state index in [1.54, 1.807) is 20.1 Å². The molecule has 0 saturated carbocycles. The van der Waals surface area contributed by atoms with E-state index in [9.17, 15) is 4.79 Å². The normalized spacial score (nSPS) is 10.2. The molecule has 104 valence electrons. The van der Waals surface area contributed by atoms with Gasteiger partial charge in [0, 0.05) is 22.4 Å². The van der Waals surface area contributed by atoms with Gasteiger partial charge in [-0.1, -0.05) is 30.8 Å². The van der Waals surface area contributed by atoms with E-state index in [1.165, 1.54) is 7.11 Å². The molecule has 0 N–H and O–H groups in total. The van der Waals surface area contributed by atoms with E-state index < -0.39 is 5.97 Å².